The molecule has 0 fully saturated rings. The third-order valence-electron chi connectivity index (χ3n) is 2.89. The average Bonchev–Trinajstić information content (AvgIpc) is 2.28. The SMILES string of the molecule is CCCCCC(C)Nc1cc(N)cc(OCC)c1. The molecular weight excluding hydrogens is 224 g/mol. The van der Waals surface area contributed by atoms with Crippen molar-refractivity contribution in [2.24, 2.45) is 0 Å². The van der Waals surface area contributed by atoms with E-state index in [0.717, 1.165) is 17.1 Å². The van der Waals surface area contributed by atoms with Gasteiger partial charge in [-0.3, -0.25) is 0 Å². The molecule has 0 saturated carbocycles. The Morgan fingerprint density at radius 2 is 2.00 bits per heavy atom. The number of unbranched alkanes of at least 4 members (excludes halogenated alkanes) is 2. The molecule has 0 spiro atoms. The second-order valence-corrected chi connectivity index (χ2v) is 4.76. The van der Waals surface area contributed by atoms with E-state index in [9.17, 15) is 0 Å². The fourth-order valence-corrected chi connectivity index (χ4v) is 2.01. The molecule has 3 nitrogen and oxygen atoms in total. The highest BCUT2D eigenvalue weighted by Gasteiger charge is 2.04. The predicted molar refractivity (Wildman–Crippen MR) is 79.3 cm³/mol. The second-order valence-electron chi connectivity index (χ2n) is 4.76. The van der Waals surface area contributed by atoms with Gasteiger partial charge in [0.25, 0.3) is 0 Å². The summed E-state index contributed by atoms with van der Waals surface area (Å²) >= 11 is 0. The van der Waals surface area contributed by atoms with E-state index in [1.54, 1.807) is 0 Å². The maximum Gasteiger partial charge on any atom is 0.123 e. The normalized spacial score (nSPS) is 12.2. The summed E-state index contributed by atoms with van der Waals surface area (Å²) < 4.78 is 5.49. The lowest BCUT2D eigenvalue weighted by molar-refractivity contribution is 0.340. The lowest BCUT2D eigenvalue weighted by Gasteiger charge is -2.16. The highest BCUT2D eigenvalue weighted by molar-refractivity contribution is 5.59. The van der Waals surface area contributed by atoms with Crippen LogP contribution in [0, 0.1) is 0 Å². The van der Waals surface area contributed by atoms with E-state index in [0.29, 0.717) is 12.6 Å². The van der Waals surface area contributed by atoms with Gasteiger partial charge in [-0.2, -0.15) is 0 Å². The second kappa shape index (κ2) is 7.85. The first-order valence-corrected chi connectivity index (χ1v) is 6.95. The number of nitrogens with two attached hydrogens (primary N) is 1. The highest BCUT2D eigenvalue weighted by atomic mass is 16.5. The Labute approximate surface area is 111 Å². The summed E-state index contributed by atoms with van der Waals surface area (Å²) in [4.78, 5) is 0. The van der Waals surface area contributed by atoms with Crippen LogP contribution in [0.3, 0.4) is 0 Å². The van der Waals surface area contributed by atoms with E-state index in [1.165, 1.54) is 25.7 Å². The van der Waals surface area contributed by atoms with Crippen LogP contribution < -0.4 is 15.8 Å². The van der Waals surface area contributed by atoms with Crippen molar-refractivity contribution in [2.75, 3.05) is 17.7 Å². The summed E-state index contributed by atoms with van der Waals surface area (Å²) in [6, 6.07) is 6.29. The minimum atomic E-state index is 0.466. The zero-order valence-electron chi connectivity index (χ0n) is 11.8. The standard InChI is InChI=1S/C15H26N2O/c1-4-6-7-8-12(3)17-14-9-13(16)10-15(11-14)18-5-2/h9-12,17H,4-8,16H2,1-3H3. The van der Waals surface area contributed by atoms with Crippen molar-refractivity contribution >= 4 is 11.4 Å². The lowest BCUT2D eigenvalue weighted by atomic mass is 10.1. The number of hydrogen-bond acceptors (Lipinski definition) is 3. The summed E-state index contributed by atoms with van der Waals surface area (Å²) in [7, 11) is 0. The van der Waals surface area contributed by atoms with E-state index >= 15 is 0 Å². The molecule has 0 heterocycles. The smallest absolute Gasteiger partial charge is 0.123 e. The summed E-state index contributed by atoms with van der Waals surface area (Å²) in [6.07, 6.45) is 5.02. The lowest BCUT2D eigenvalue weighted by Crippen LogP contribution is -2.15. The van der Waals surface area contributed by atoms with Gasteiger partial charge < -0.3 is 15.8 Å². The van der Waals surface area contributed by atoms with Crippen molar-refractivity contribution in [3.05, 3.63) is 18.2 Å². The van der Waals surface area contributed by atoms with Gasteiger partial charge in [0, 0.05) is 29.5 Å². The molecule has 0 aliphatic rings. The van der Waals surface area contributed by atoms with Gasteiger partial charge in [0.1, 0.15) is 5.75 Å². The minimum absolute atomic E-state index is 0.466. The van der Waals surface area contributed by atoms with Gasteiger partial charge in [-0.1, -0.05) is 26.2 Å². The Balaban J connectivity index is 2.54. The Morgan fingerprint density at radius 1 is 1.22 bits per heavy atom. The molecule has 3 heteroatoms. The van der Waals surface area contributed by atoms with Gasteiger partial charge >= 0.3 is 0 Å². The van der Waals surface area contributed by atoms with Crippen LogP contribution in [-0.4, -0.2) is 12.6 Å². The number of benzene rings is 1. The summed E-state index contributed by atoms with van der Waals surface area (Å²) in [5.74, 6) is 0.834. The number of hydrogen-bond donors (Lipinski definition) is 2. The zero-order chi connectivity index (χ0) is 13.4. The topological polar surface area (TPSA) is 47.3 Å². The molecule has 0 bridgehead atoms. The molecule has 1 aromatic rings. The molecule has 1 unspecified atom stereocenters. The number of anilines is 2. The molecule has 1 aromatic carbocycles. The molecular formula is C15H26N2O. The first kappa shape index (κ1) is 14.7. The summed E-state index contributed by atoms with van der Waals surface area (Å²) in [6.45, 7) is 7.07. The van der Waals surface area contributed by atoms with Crippen molar-refractivity contribution in [3.63, 3.8) is 0 Å². The summed E-state index contributed by atoms with van der Waals surface area (Å²) in [5.41, 5.74) is 7.65. The van der Waals surface area contributed by atoms with Crippen molar-refractivity contribution in [3.8, 4) is 5.75 Å². The monoisotopic (exact) mass is 250 g/mol. The van der Waals surface area contributed by atoms with Crippen molar-refractivity contribution in [1.82, 2.24) is 0 Å². The fourth-order valence-electron chi connectivity index (χ4n) is 2.01. The van der Waals surface area contributed by atoms with E-state index < -0.39 is 0 Å². The predicted octanol–water partition coefficient (Wildman–Crippen LogP) is 4.05. The van der Waals surface area contributed by atoms with Crippen LogP contribution in [0.4, 0.5) is 11.4 Å². The molecule has 1 atom stereocenters. The Hall–Kier alpha value is -1.38. The van der Waals surface area contributed by atoms with Gasteiger partial charge in [-0.25, -0.2) is 0 Å². The fraction of sp³-hybridized carbons (Fsp3) is 0.600. The first-order valence-electron chi connectivity index (χ1n) is 6.95. The average molecular weight is 250 g/mol. The molecule has 0 saturated heterocycles. The van der Waals surface area contributed by atoms with Crippen LogP contribution in [0.15, 0.2) is 18.2 Å². The quantitative estimate of drug-likeness (QED) is 0.540. The number of nitrogens with one attached hydrogen (secondary N) is 1. The molecule has 0 amide bonds. The van der Waals surface area contributed by atoms with E-state index in [4.69, 9.17) is 10.5 Å². The van der Waals surface area contributed by atoms with Gasteiger partial charge in [-0.15, -0.1) is 0 Å². The van der Waals surface area contributed by atoms with Gasteiger partial charge in [0.15, 0.2) is 0 Å². The molecule has 0 aliphatic heterocycles. The third kappa shape index (κ3) is 5.30. The number of nitrogen functional groups attached to an aromatic ring is 1. The van der Waals surface area contributed by atoms with Crippen LogP contribution in [-0.2, 0) is 0 Å². The van der Waals surface area contributed by atoms with E-state index in [1.807, 2.05) is 25.1 Å². The van der Waals surface area contributed by atoms with Crippen LogP contribution in [0.1, 0.15) is 46.5 Å². The number of rotatable bonds is 8. The maximum atomic E-state index is 5.87. The Kier molecular flexibility index (Phi) is 6.40. The largest absolute Gasteiger partial charge is 0.494 e. The number of ether oxygens (including phenoxy) is 1. The van der Waals surface area contributed by atoms with Crippen LogP contribution in [0.25, 0.3) is 0 Å². The van der Waals surface area contributed by atoms with Crippen molar-refractivity contribution < 1.29 is 4.74 Å². The van der Waals surface area contributed by atoms with E-state index in [-0.39, 0.29) is 0 Å². The molecule has 18 heavy (non-hydrogen) atoms. The molecule has 0 aromatic heterocycles. The Bertz CT molecular complexity index is 352. The zero-order valence-corrected chi connectivity index (χ0v) is 11.8. The maximum absolute atomic E-state index is 5.87. The molecule has 1 rings (SSSR count). The van der Waals surface area contributed by atoms with Crippen LogP contribution in [0.5, 0.6) is 5.75 Å². The molecule has 0 radical (unpaired) electrons. The molecule has 3 N–H and O–H groups in total. The highest BCUT2D eigenvalue weighted by Crippen LogP contribution is 2.23. The molecule has 0 aliphatic carbocycles. The van der Waals surface area contributed by atoms with Crippen LogP contribution >= 0.6 is 0 Å². The van der Waals surface area contributed by atoms with Gasteiger partial charge in [0.2, 0.25) is 0 Å². The molecule has 102 valence electrons. The minimum Gasteiger partial charge on any atom is -0.494 e. The summed E-state index contributed by atoms with van der Waals surface area (Å²) in [5, 5.41) is 3.48. The van der Waals surface area contributed by atoms with Crippen LogP contribution in [0.2, 0.25) is 0 Å². The Morgan fingerprint density at radius 3 is 2.67 bits per heavy atom. The first-order chi connectivity index (χ1) is 8.65. The van der Waals surface area contributed by atoms with Gasteiger partial charge in [0.05, 0.1) is 6.61 Å². The van der Waals surface area contributed by atoms with Crippen molar-refractivity contribution in [2.45, 2.75) is 52.5 Å². The van der Waals surface area contributed by atoms with E-state index in [2.05, 4.69) is 19.2 Å². The van der Waals surface area contributed by atoms with Gasteiger partial charge in [-0.05, 0) is 26.3 Å². The van der Waals surface area contributed by atoms with Crippen molar-refractivity contribution in [1.29, 1.82) is 0 Å². The third-order valence-corrected chi connectivity index (χ3v) is 2.89.